The molecule has 0 aliphatic heterocycles. The van der Waals surface area contributed by atoms with Gasteiger partial charge in [0, 0.05) is 0 Å². The fourth-order valence-electron chi connectivity index (χ4n) is 1.75. The number of benzene rings is 1. The molecule has 0 bridgehead atoms. The highest BCUT2D eigenvalue weighted by Crippen LogP contribution is 2.33. The Balaban J connectivity index is 2.14. The van der Waals surface area contributed by atoms with Gasteiger partial charge in [-0.3, -0.25) is 4.98 Å². The number of hydrogen-bond acceptors (Lipinski definition) is 6. The van der Waals surface area contributed by atoms with E-state index in [1.807, 2.05) is 18.2 Å². The first-order chi connectivity index (χ1) is 9.24. The molecule has 0 unspecified atom stereocenters. The van der Waals surface area contributed by atoms with E-state index in [1.54, 1.807) is 12.1 Å². The van der Waals surface area contributed by atoms with Crippen molar-refractivity contribution in [2.24, 2.45) is 0 Å². The monoisotopic (exact) mass is 254 g/mol. The molecule has 0 fully saturated rings. The number of rotatable bonds is 2. The van der Waals surface area contributed by atoms with Gasteiger partial charge in [0.1, 0.15) is 16.7 Å². The first-order valence-corrected chi connectivity index (χ1v) is 5.57. The number of nitrogens with two attached hydrogens (primary N) is 1. The third kappa shape index (κ3) is 2.11. The van der Waals surface area contributed by atoms with Gasteiger partial charge in [0.25, 0.3) is 0 Å². The van der Waals surface area contributed by atoms with Gasteiger partial charge in [-0.15, -0.1) is 0 Å². The maximum atomic E-state index is 9.87. The van der Waals surface area contributed by atoms with Crippen LogP contribution in [0.5, 0.6) is 17.4 Å². The zero-order chi connectivity index (χ0) is 13.2. The van der Waals surface area contributed by atoms with Crippen LogP contribution in [-0.4, -0.2) is 20.1 Å². The molecule has 6 nitrogen and oxygen atoms in total. The predicted octanol–water partition coefficient (Wildman–Crippen LogP) is 2.10. The molecule has 0 aliphatic rings. The molecule has 0 radical (unpaired) electrons. The number of anilines is 1. The summed E-state index contributed by atoms with van der Waals surface area (Å²) in [6.45, 7) is 0. The van der Waals surface area contributed by atoms with E-state index in [1.165, 1.54) is 12.4 Å². The van der Waals surface area contributed by atoms with Crippen molar-refractivity contribution in [3.8, 4) is 17.4 Å². The Kier molecular flexibility index (Phi) is 2.60. The number of nitrogen functional groups attached to an aromatic ring is 1. The van der Waals surface area contributed by atoms with Crippen LogP contribution in [0.4, 0.5) is 5.95 Å². The van der Waals surface area contributed by atoms with Crippen LogP contribution in [0.25, 0.3) is 10.9 Å². The summed E-state index contributed by atoms with van der Waals surface area (Å²) in [7, 11) is 0. The molecule has 0 spiro atoms. The van der Waals surface area contributed by atoms with Gasteiger partial charge in [-0.1, -0.05) is 18.2 Å². The Morgan fingerprint density at radius 3 is 2.63 bits per heavy atom. The minimum Gasteiger partial charge on any atom is -0.493 e. The van der Waals surface area contributed by atoms with Gasteiger partial charge in [-0.05, 0) is 12.1 Å². The lowest BCUT2D eigenvalue weighted by Crippen LogP contribution is -1.97. The summed E-state index contributed by atoms with van der Waals surface area (Å²) in [4.78, 5) is 11.7. The molecule has 3 rings (SSSR count). The highest BCUT2D eigenvalue weighted by atomic mass is 16.5. The lowest BCUT2D eigenvalue weighted by Gasteiger charge is -2.08. The molecule has 3 aromatic rings. The number of aromatic hydroxyl groups is 1. The van der Waals surface area contributed by atoms with E-state index in [4.69, 9.17) is 10.5 Å². The average molecular weight is 254 g/mol. The van der Waals surface area contributed by atoms with E-state index in [2.05, 4.69) is 15.0 Å². The van der Waals surface area contributed by atoms with Crippen molar-refractivity contribution in [1.82, 2.24) is 15.0 Å². The molecular weight excluding hydrogens is 244 g/mol. The van der Waals surface area contributed by atoms with E-state index in [-0.39, 0.29) is 11.8 Å². The number of fused-ring (bicyclic) bond motifs is 1. The molecule has 6 heteroatoms. The molecule has 2 heterocycles. The number of ether oxygens (including phenoxy) is 1. The zero-order valence-corrected chi connectivity index (χ0v) is 9.82. The van der Waals surface area contributed by atoms with E-state index >= 15 is 0 Å². The first kappa shape index (κ1) is 11.2. The quantitative estimate of drug-likeness (QED) is 0.727. The topological polar surface area (TPSA) is 94.2 Å². The number of pyridine rings is 1. The molecule has 2 aromatic heterocycles. The maximum Gasteiger partial charge on any atom is 0.227 e. The van der Waals surface area contributed by atoms with Crippen molar-refractivity contribution in [3.63, 3.8) is 0 Å². The van der Waals surface area contributed by atoms with Crippen LogP contribution in [0.15, 0.2) is 42.7 Å². The number of aromatic nitrogens is 3. The summed E-state index contributed by atoms with van der Waals surface area (Å²) < 4.78 is 5.67. The fraction of sp³-hybridized carbons (Fsp3) is 0. The SMILES string of the molecule is Nc1nc(O)c2c(Oc3ccccc3)cncc2n1. The zero-order valence-electron chi connectivity index (χ0n) is 9.82. The second-order valence-corrected chi connectivity index (χ2v) is 3.85. The summed E-state index contributed by atoms with van der Waals surface area (Å²) in [6, 6.07) is 9.18. The Morgan fingerprint density at radius 2 is 1.84 bits per heavy atom. The van der Waals surface area contributed by atoms with E-state index in [9.17, 15) is 5.11 Å². The summed E-state index contributed by atoms with van der Waals surface area (Å²) in [5.74, 6) is 0.772. The Morgan fingerprint density at radius 1 is 1.05 bits per heavy atom. The molecule has 0 saturated heterocycles. The largest absolute Gasteiger partial charge is 0.493 e. The van der Waals surface area contributed by atoms with Crippen LogP contribution < -0.4 is 10.5 Å². The highest BCUT2D eigenvalue weighted by Gasteiger charge is 2.12. The Hall–Kier alpha value is -2.89. The van der Waals surface area contributed by atoms with Gasteiger partial charge in [0.05, 0.1) is 12.4 Å². The molecule has 0 atom stereocenters. The van der Waals surface area contributed by atoms with Crippen molar-refractivity contribution >= 4 is 16.9 Å². The lowest BCUT2D eigenvalue weighted by molar-refractivity contribution is 0.451. The van der Waals surface area contributed by atoms with Gasteiger partial charge in [-0.2, -0.15) is 4.98 Å². The molecule has 0 aliphatic carbocycles. The van der Waals surface area contributed by atoms with Gasteiger partial charge < -0.3 is 15.6 Å². The number of para-hydroxylation sites is 1. The standard InChI is InChI=1S/C13H10N4O2/c14-13-16-9-6-15-7-10(11(9)12(18)17-13)19-8-4-2-1-3-5-8/h1-7H,(H3,14,16,17,18). The van der Waals surface area contributed by atoms with Crippen molar-refractivity contribution < 1.29 is 9.84 Å². The highest BCUT2D eigenvalue weighted by molar-refractivity contribution is 5.89. The second-order valence-electron chi connectivity index (χ2n) is 3.85. The molecule has 3 N–H and O–H groups in total. The van der Waals surface area contributed by atoms with Crippen LogP contribution in [0.3, 0.4) is 0 Å². The summed E-state index contributed by atoms with van der Waals surface area (Å²) >= 11 is 0. The molecule has 94 valence electrons. The third-order valence-electron chi connectivity index (χ3n) is 2.54. The molecule has 19 heavy (non-hydrogen) atoms. The molecule has 0 amide bonds. The number of hydrogen-bond donors (Lipinski definition) is 2. The van der Waals surface area contributed by atoms with Crippen molar-refractivity contribution in [2.75, 3.05) is 5.73 Å². The Labute approximate surface area is 108 Å². The summed E-state index contributed by atoms with van der Waals surface area (Å²) in [6.07, 6.45) is 2.99. The summed E-state index contributed by atoms with van der Waals surface area (Å²) in [5, 5.41) is 10.3. The first-order valence-electron chi connectivity index (χ1n) is 5.57. The fourth-order valence-corrected chi connectivity index (χ4v) is 1.75. The van der Waals surface area contributed by atoms with Gasteiger partial charge in [0.15, 0.2) is 5.75 Å². The van der Waals surface area contributed by atoms with Crippen LogP contribution in [0.2, 0.25) is 0 Å². The van der Waals surface area contributed by atoms with E-state index in [0.717, 1.165) is 0 Å². The van der Waals surface area contributed by atoms with Gasteiger partial charge in [-0.25, -0.2) is 4.98 Å². The average Bonchev–Trinajstić information content (AvgIpc) is 2.39. The lowest BCUT2D eigenvalue weighted by atomic mass is 10.2. The van der Waals surface area contributed by atoms with Crippen LogP contribution >= 0.6 is 0 Å². The van der Waals surface area contributed by atoms with Crippen LogP contribution in [0.1, 0.15) is 0 Å². The molecule has 0 saturated carbocycles. The normalized spacial score (nSPS) is 10.5. The van der Waals surface area contributed by atoms with E-state index in [0.29, 0.717) is 22.4 Å². The number of nitrogens with zero attached hydrogens (tertiary/aromatic N) is 3. The third-order valence-corrected chi connectivity index (χ3v) is 2.54. The van der Waals surface area contributed by atoms with Gasteiger partial charge in [0.2, 0.25) is 11.8 Å². The molecular formula is C13H10N4O2. The maximum absolute atomic E-state index is 9.87. The minimum atomic E-state index is -0.226. The van der Waals surface area contributed by atoms with Gasteiger partial charge >= 0.3 is 0 Å². The molecule has 1 aromatic carbocycles. The van der Waals surface area contributed by atoms with E-state index < -0.39 is 0 Å². The second kappa shape index (κ2) is 4.41. The Bertz CT molecular complexity index is 731. The van der Waals surface area contributed by atoms with Crippen LogP contribution in [0, 0.1) is 0 Å². The van der Waals surface area contributed by atoms with Crippen molar-refractivity contribution in [2.45, 2.75) is 0 Å². The van der Waals surface area contributed by atoms with Crippen molar-refractivity contribution in [1.29, 1.82) is 0 Å². The smallest absolute Gasteiger partial charge is 0.227 e. The summed E-state index contributed by atoms with van der Waals surface area (Å²) in [5.41, 5.74) is 5.91. The van der Waals surface area contributed by atoms with Crippen LogP contribution in [-0.2, 0) is 0 Å². The minimum absolute atomic E-state index is 0.0105. The van der Waals surface area contributed by atoms with Crippen molar-refractivity contribution in [3.05, 3.63) is 42.7 Å². The predicted molar refractivity (Wildman–Crippen MR) is 69.9 cm³/mol.